The number of hydrogen-bond donors (Lipinski definition) is 2. The number of halogens is 3. The van der Waals surface area contributed by atoms with Gasteiger partial charge in [0.05, 0.1) is 0 Å². The van der Waals surface area contributed by atoms with E-state index in [1.807, 2.05) is 18.2 Å². The molecule has 0 heterocycles. The second kappa shape index (κ2) is 7.47. The van der Waals surface area contributed by atoms with E-state index in [9.17, 15) is 0 Å². The predicted molar refractivity (Wildman–Crippen MR) is 71.6 cm³/mol. The third-order valence-electron chi connectivity index (χ3n) is 2.08. The van der Waals surface area contributed by atoms with E-state index in [0.717, 1.165) is 22.9 Å². The third-order valence-corrected chi connectivity index (χ3v) is 3.03. The molecule has 0 saturated carbocycles. The van der Waals surface area contributed by atoms with Crippen LogP contribution in [0.15, 0.2) is 22.7 Å². The smallest absolute Gasteiger partial charge is 0.0410 e. The van der Waals surface area contributed by atoms with E-state index in [-0.39, 0.29) is 18.4 Å². The van der Waals surface area contributed by atoms with Crippen molar-refractivity contribution < 1.29 is 0 Å². The predicted octanol–water partition coefficient (Wildman–Crippen LogP) is 3.26. The zero-order valence-electron chi connectivity index (χ0n) is 8.25. The van der Waals surface area contributed by atoms with Crippen molar-refractivity contribution in [2.24, 2.45) is 11.5 Å². The molecule has 1 aromatic carbocycles. The minimum Gasteiger partial charge on any atom is -0.330 e. The normalized spacial score (nSPS) is 12.0. The van der Waals surface area contributed by atoms with Crippen molar-refractivity contribution in [3.8, 4) is 0 Å². The van der Waals surface area contributed by atoms with Crippen LogP contribution >= 0.6 is 39.9 Å². The maximum atomic E-state index is 6.01. The van der Waals surface area contributed by atoms with E-state index in [4.69, 9.17) is 23.1 Å². The molecule has 1 atom stereocenters. The van der Waals surface area contributed by atoms with E-state index in [1.165, 1.54) is 0 Å². The van der Waals surface area contributed by atoms with Crippen molar-refractivity contribution in [1.82, 2.24) is 0 Å². The molecule has 1 rings (SSSR count). The number of benzene rings is 1. The van der Waals surface area contributed by atoms with Crippen LogP contribution < -0.4 is 11.5 Å². The summed E-state index contributed by atoms with van der Waals surface area (Å²) in [6.45, 7) is 0.673. The first kappa shape index (κ1) is 15.2. The molecule has 1 aromatic rings. The molecule has 0 amide bonds. The first-order valence-electron chi connectivity index (χ1n) is 4.55. The third kappa shape index (κ3) is 4.70. The summed E-state index contributed by atoms with van der Waals surface area (Å²) in [5.74, 6) is 0. The molecule has 0 bridgehead atoms. The van der Waals surface area contributed by atoms with E-state index in [2.05, 4.69) is 15.9 Å². The number of hydrogen-bond acceptors (Lipinski definition) is 2. The Kier molecular flexibility index (Phi) is 7.57. The van der Waals surface area contributed by atoms with Crippen molar-refractivity contribution in [3.05, 3.63) is 33.3 Å². The van der Waals surface area contributed by atoms with Crippen molar-refractivity contribution in [2.75, 3.05) is 6.54 Å². The Morgan fingerprint density at radius 3 is 2.67 bits per heavy atom. The second-order valence-electron chi connectivity index (χ2n) is 3.20. The zero-order chi connectivity index (χ0) is 10.6. The summed E-state index contributed by atoms with van der Waals surface area (Å²) in [5, 5.41) is 0.714. The van der Waals surface area contributed by atoms with Crippen LogP contribution in [0, 0.1) is 0 Å². The topological polar surface area (TPSA) is 52.0 Å². The van der Waals surface area contributed by atoms with Crippen LogP contribution in [0.4, 0.5) is 0 Å². The minimum absolute atomic E-state index is 0. The molecule has 2 nitrogen and oxygen atoms in total. The molecular weight excluding hydrogens is 299 g/mol. The van der Waals surface area contributed by atoms with E-state index in [0.29, 0.717) is 11.6 Å². The van der Waals surface area contributed by atoms with E-state index < -0.39 is 0 Å². The summed E-state index contributed by atoms with van der Waals surface area (Å²) in [7, 11) is 0. The molecule has 5 heteroatoms. The van der Waals surface area contributed by atoms with Gasteiger partial charge in [-0.2, -0.15) is 0 Å². The average molecular weight is 314 g/mol. The van der Waals surface area contributed by atoms with Crippen LogP contribution in [0.2, 0.25) is 5.02 Å². The van der Waals surface area contributed by atoms with Gasteiger partial charge in [0.25, 0.3) is 0 Å². The standard InChI is InChI=1S/C10H14BrClN2.ClH/c11-9-4-3-7(12)6-8(9)10(14)2-1-5-13;/h3-4,6,10H,1-2,5,13-14H2;1H/t10-;/m1./s1. The Balaban J connectivity index is 0.00000196. The fraction of sp³-hybridized carbons (Fsp3) is 0.400. The van der Waals surface area contributed by atoms with Gasteiger partial charge in [-0.3, -0.25) is 0 Å². The Bertz CT molecular complexity index is 307. The van der Waals surface area contributed by atoms with Gasteiger partial charge in [0.2, 0.25) is 0 Å². The molecule has 0 fully saturated rings. The molecule has 0 aliphatic heterocycles. The molecule has 0 spiro atoms. The second-order valence-corrected chi connectivity index (χ2v) is 4.49. The highest BCUT2D eigenvalue weighted by Gasteiger charge is 2.09. The van der Waals surface area contributed by atoms with E-state index >= 15 is 0 Å². The highest BCUT2D eigenvalue weighted by molar-refractivity contribution is 9.10. The highest BCUT2D eigenvalue weighted by atomic mass is 79.9. The van der Waals surface area contributed by atoms with Crippen molar-refractivity contribution in [3.63, 3.8) is 0 Å². The van der Waals surface area contributed by atoms with Crippen molar-refractivity contribution in [2.45, 2.75) is 18.9 Å². The molecular formula is C10H15BrCl2N2. The number of rotatable bonds is 4. The van der Waals surface area contributed by atoms with Crippen LogP contribution in [-0.4, -0.2) is 6.54 Å². The van der Waals surface area contributed by atoms with Gasteiger partial charge < -0.3 is 11.5 Å². The van der Waals surface area contributed by atoms with Gasteiger partial charge in [-0.1, -0.05) is 27.5 Å². The molecule has 0 aliphatic carbocycles. The number of nitrogens with two attached hydrogens (primary N) is 2. The van der Waals surface area contributed by atoms with Crippen LogP contribution in [-0.2, 0) is 0 Å². The summed E-state index contributed by atoms with van der Waals surface area (Å²) in [6, 6.07) is 5.66. The lowest BCUT2D eigenvalue weighted by Gasteiger charge is -2.13. The first-order chi connectivity index (χ1) is 6.65. The Morgan fingerprint density at radius 2 is 2.07 bits per heavy atom. The first-order valence-corrected chi connectivity index (χ1v) is 5.73. The summed E-state index contributed by atoms with van der Waals surface area (Å²) >= 11 is 9.35. The lowest BCUT2D eigenvalue weighted by Crippen LogP contribution is -2.13. The molecule has 0 saturated heterocycles. The van der Waals surface area contributed by atoms with Crippen molar-refractivity contribution >= 4 is 39.9 Å². The summed E-state index contributed by atoms with van der Waals surface area (Å²) in [6.07, 6.45) is 1.82. The molecule has 0 aliphatic rings. The summed E-state index contributed by atoms with van der Waals surface area (Å²) in [5.41, 5.74) is 12.5. The molecule has 0 unspecified atom stereocenters. The minimum atomic E-state index is 0. The van der Waals surface area contributed by atoms with Gasteiger partial charge in [0, 0.05) is 15.5 Å². The quantitative estimate of drug-likeness (QED) is 0.896. The lowest BCUT2D eigenvalue weighted by atomic mass is 10.0. The fourth-order valence-corrected chi connectivity index (χ4v) is 2.01. The maximum Gasteiger partial charge on any atom is 0.0410 e. The van der Waals surface area contributed by atoms with Crippen LogP contribution in [0.1, 0.15) is 24.4 Å². The van der Waals surface area contributed by atoms with Gasteiger partial charge in [0.1, 0.15) is 0 Å². The molecule has 4 N–H and O–H groups in total. The summed E-state index contributed by atoms with van der Waals surface area (Å²) < 4.78 is 1.01. The van der Waals surface area contributed by atoms with Gasteiger partial charge in [-0.05, 0) is 43.1 Å². The van der Waals surface area contributed by atoms with Gasteiger partial charge >= 0.3 is 0 Å². The van der Waals surface area contributed by atoms with Gasteiger partial charge in [-0.15, -0.1) is 12.4 Å². The molecule has 0 aromatic heterocycles. The van der Waals surface area contributed by atoms with Gasteiger partial charge in [0.15, 0.2) is 0 Å². The largest absolute Gasteiger partial charge is 0.330 e. The molecule has 15 heavy (non-hydrogen) atoms. The fourth-order valence-electron chi connectivity index (χ4n) is 1.29. The average Bonchev–Trinajstić information content (AvgIpc) is 2.18. The Hall–Kier alpha value is 0.200. The van der Waals surface area contributed by atoms with Gasteiger partial charge in [-0.25, -0.2) is 0 Å². The maximum absolute atomic E-state index is 6.01. The lowest BCUT2D eigenvalue weighted by molar-refractivity contribution is 0.616. The molecule has 0 radical (unpaired) electrons. The van der Waals surface area contributed by atoms with Crippen LogP contribution in [0.25, 0.3) is 0 Å². The summed E-state index contributed by atoms with van der Waals surface area (Å²) in [4.78, 5) is 0. The van der Waals surface area contributed by atoms with Crippen molar-refractivity contribution in [1.29, 1.82) is 0 Å². The SMILES string of the molecule is Cl.NCCC[C@@H](N)c1cc(Cl)ccc1Br. The van der Waals surface area contributed by atoms with E-state index in [1.54, 1.807) is 0 Å². The molecule has 86 valence electrons. The zero-order valence-corrected chi connectivity index (χ0v) is 11.4. The highest BCUT2D eigenvalue weighted by Crippen LogP contribution is 2.27. The Labute approximate surface area is 110 Å². The van der Waals surface area contributed by atoms with Crippen LogP contribution in [0.3, 0.4) is 0 Å². The van der Waals surface area contributed by atoms with Crippen LogP contribution in [0.5, 0.6) is 0 Å². The monoisotopic (exact) mass is 312 g/mol. The Morgan fingerprint density at radius 1 is 1.40 bits per heavy atom.